The first-order chi connectivity index (χ1) is 12.9. The highest BCUT2D eigenvalue weighted by atomic mass is 15.0. The molecule has 0 atom stereocenters. The second kappa shape index (κ2) is 5.85. The molecule has 0 saturated carbocycles. The van der Waals surface area contributed by atoms with Gasteiger partial charge in [0.15, 0.2) is 0 Å². The maximum atomic E-state index is 4.97. The van der Waals surface area contributed by atoms with Gasteiger partial charge in [0.2, 0.25) is 0 Å². The zero-order valence-electron chi connectivity index (χ0n) is 14.4. The highest BCUT2D eigenvalue weighted by Gasteiger charge is 2.12. The number of allylic oxidation sites excluding steroid dienone is 5. The van der Waals surface area contributed by atoms with E-state index in [1.165, 1.54) is 21.7 Å². The lowest BCUT2D eigenvalue weighted by molar-refractivity contribution is 1.25. The Bertz CT molecular complexity index is 1360. The molecule has 0 spiro atoms. The molecule has 2 heterocycles. The number of pyridine rings is 1. The van der Waals surface area contributed by atoms with Crippen LogP contribution >= 0.6 is 0 Å². The Labute approximate surface area is 151 Å². The van der Waals surface area contributed by atoms with Gasteiger partial charge in [-0.1, -0.05) is 73.4 Å². The van der Waals surface area contributed by atoms with Gasteiger partial charge in [-0.25, -0.2) is 4.98 Å². The second-order valence-electron chi connectivity index (χ2n) is 6.48. The van der Waals surface area contributed by atoms with Crippen LogP contribution in [0.25, 0.3) is 39.2 Å². The van der Waals surface area contributed by atoms with Gasteiger partial charge in [-0.15, -0.1) is 0 Å². The van der Waals surface area contributed by atoms with Crippen molar-refractivity contribution in [3.8, 4) is 0 Å². The zero-order chi connectivity index (χ0) is 17.5. The normalized spacial score (nSPS) is 16.8. The van der Waals surface area contributed by atoms with Gasteiger partial charge in [-0.3, -0.25) is 4.40 Å². The Morgan fingerprint density at radius 2 is 1.77 bits per heavy atom. The number of rotatable bonds is 1. The molecule has 4 aromatic rings. The van der Waals surface area contributed by atoms with Crippen LogP contribution in [-0.4, -0.2) is 9.38 Å². The first-order valence-corrected chi connectivity index (χ1v) is 8.85. The van der Waals surface area contributed by atoms with Crippen molar-refractivity contribution in [2.75, 3.05) is 0 Å². The lowest BCUT2D eigenvalue weighted by atomic mass is 10.00. The number of imidazole rings is 1. The quantitative estimate of drug-likeness (QED) is 0.508. The SMILES string of the molecule is C=C/C=c1\c(=C2\C=CC=CC2)c2ccccc2n2c1nc1ccccc12. The fourth-order valence-corrected chi connectivity index (χ4v) is 3.91. The molecule has 0 N–H and O–H groups in total. The monoisotopic (exact) mass is 334 g/mol. The summed E-state index contributed by atoms with van der Waals surface area (Å²) in [5, 5.41) is 3.62. The lowest BCUT2D eigenvalue weighted by Gasteiger charge is -2.10. The summed E-state index contributed by atoms with van der Waals surface area (Å²) >= 11 is 0. The van der Waals surface area contributed by atoms with Gasteiger partial charge in [-0.2, -0.15) is 0 Å². The van der Waals surface area contributed by atoms with Crippen LogP contribution in [-0.2, 0) is 0 Å². The summed E-state index contributed by atoms with van der Waals surface area (Å²) in [7, 11) is 0. The van der Waals surface area contributed by atoms with E-state index in [2.05, 4.69) is 83.8 Å². The number of fused-ring (bicyclic) bond motifs is 5. The molecule has 0 amide bonds. The van der Waals surface area contributed by atoms with E-state index < -0.39 is 0 Å². The largest absolute Gasteiger partial charge is 0.292 e. The molecule has 2 nitrogen and oxygen atoms in total. The molecule has 2 heteroatoms. The highest BCUT2D eigenvalue weighted by molar-refractivity contribution is 5.93. The van der Waals surface area contributed by atoms with Crippen LogP contribution in [0.5, 0.6) is 0 Å². The van der Waals surface area contributed by atoms with E-state index in [9.17, 15) is 0 Å². The summed E-state index contributed by atoms with van der Waals surface area (Å²) in [5.74, 6) is 0. The molecule has 0 unspecified atom stereocenters. The number of aromatic nitrogens is 2. The van der Waals surface area contributed by atoms with E-state index in [1.807, 2.05) is 12.1 Å². The number of para-hydroxylation sites is 3. The molecular formula is C24H18N2. The first kappa shape index (κ1) is 14.9. The fraction of sp³-hybridized carbons (Fsp3) is 0.0417. The molecule has 0 radical (unpaired) electrons. The molecule has 26 heavy (non-hydrogen) atoms. The van der Waals surface area contributed by atoms with E-state index in [4.69, 9.17) is 4.98 Å². The lowest BCUT2D eigenvalue weighted by Crippen LogP contribution is -2.30. The summed E-state index contributed by atoms with van der Waals surface area (Å²) in [6.07, 6.45) is 13.5. The Morgan fingerprint density at radius 1 is 0.962 bits per heavy atom. The minimum atomic E-state index is 0.925. The average molecular weight is 334 g/mol. The number of nitrogens with zero attached hydrogens (tertiary/aromatic N) is 2. The van der Waals surface area contributed by atoms with Gasteiger partial charge in [-0.05, 0) is 35.4 Å². The van der Waals surface area contributed by atoms with Gasteiger partial charge in [0.25, 0.3) is 0 Å². The summed E-state index contributed by atoms with van der Waals surface area (Å²) in [5.41, 5.74) is 5.62. The standard InChI is InChI=1S/C24H18N2/c1-2-10-19-23(17-11-4-3-5-12-17)18-13-6-8-15-21(18)26-22-16-9-7-14-20(22)25-24(19)26/h2-11,13-16H,1,12H2/b19-10+,23-17-. The number of hydrogen-bond donors (Lipinski definition) is 0. The van der Waals surface area contributed by atoms with Crippen LogP contribution in [0.2, 0.25) is 0 Å². The summed E-state index contributed by atoms with van der Waals surface area (Å²) in [6, 6.07) is 16.9. The van der Waals surface area contributed by atoms with Crippen LogP contribution in [0.1, 0.15) is 6.42 Å². The number of hydrogen-bond acceptors (Lipinski definition) is 1. The van der Waals surface area contributed by atoms with Crippen LogP contribution < -0.4 is 10.4 Å². The van der Waals surface area contributed by atoms with Crippen molar-refractivity contribution < 1.29 is 0 Å². The van der Waals surface area contributed by atoms with Crippen LogP contribution in [0.3, 0.4) is 0 Å². The third kappa shape index (κ3) is 2.09. The van der Waals surface area contributed by atoms with Crippen molar-refractivity contribution in [3.05, 3.63) is 95.9 Å². The topological polar surface area (TPSA) is 17.3 Å². The van der Waals surface area contributed by atoms with Crippen molar-refractivity contribution in [2.24, 2.45) is 0 Å². The minimum Gasteiger partial charge on any atom is -0.292 e. The maximum Gasteiger partial charge on any atom is 0.146 e. The van der Waals surface area contributed by atoms with Crippen LogP contribution in [0.4, 0.5) is 0 Å². The molecule has 0 aliphatic heterocycles. The average Bonchev–Trinajstić information content (AvgIpc) is 3.09. The van der Waals surface area contributed by atoms with Crippen molar-refractivity contribution >= 4 is 39.2 Å². The fourth-order valence-electron chi connectivity index (χ4n) is 3.91. The van der Waals surface area contributed by atoms with Crippen molar-refractivity contribution in [3.63, 3.8) is 0 Å². The highest BCUT2D eigenvalue weighted by Crippen LogP contribution is 2.20. The molecule has 2 aromatic heterocycles. The summed E-state index contributed by atoms with van der Waals surface area (Å²) in [4.78, 5) is 4.97. The molecule has 2 aromatic carbocycles. The van der Waals surface area contributed by atoms with Gasteiger partial charge in [0, 0.05) is 10.6 Å². The van der Waals surface area contributed by atoms with Gasteiger partial charge in [0.1, 0.15) is 5.65 Å². The molecule has 1 aliphatic rings. The van der Waals surface area contributed by atoms with Crippen molar-refractivity contribution in [2.45, 2.75) is 6.42 Å². The predicted molar refractivity (Wildman–Crippen MR) is 110 cm³/mol. The Kier molecular flexibility index (Phi) is 3.36. The predicted octanol–water partition coefficient (Wildman–Crippen LogP) is 4.27. The van der Waals surface area contributed by atoms with E-state index in [1.54, 1.807) is 0 Å². The van der Waals surface area contributed by atoms with E-state index in [0.29, 0.717) is 0 Å². The second-order valence-corrected chi connectivity index (χ2v) is 6.48. The Balaban J connectivity index is 2.18. The Morgan fingerprint density at radius 3 is 2.58 bits per heavy atom. The summed E-state index contributed by atoms with van der Waals surface area (Å²) < 4.78 is 2.27. The minimum absolute atomic E-state index is 0.925. The summed E-state index contributed by atoms with van der Waals surface area (Å²) in [6.45, 7) is 3.95. The first-order valence-electron chi connectivity index (χ1n) is 8.85. The van der Waals surface area contributed by atoms with Crippen LogP contribution in [0.15, 0.2) is 85.5 Å². The van der Waals surface area contributed by atoms with Crippen LogP contribution in [0, 0.1) is 0 Å². The van der Waals surface area contributed by atoms with E-state index in [-0.39, 0.29) is 0 Å². The number of benzene rings is 2. The van der Waals surface area contributed by atoms with Crippen molar-refractivity contribution in [1.29, 1.82) is 0 Å². The zero-order valence-corrected chi connectivity index (χ0v) is 14.4. The molecular weight excluding hydrogens is 316 g/mol. The van der Waals surface area contributed by atoms with Gasteiger partial charge in [0.05, 0.1) is 16.6 Å². The van der Waals surface area contributed by atoms with Gasteiger partial charge < -0.3 is 0 Å². The van der Waals surface area contributed by atoms with E-state index >= 15 is 0 Å². The molecule has 124 valence electrons. The van der Waals surface area contributed by atoms with Crippen molar-refractivity contribution in [1.82, 2.24) is 9.38 Å². The van der Waals surface area contributed by atoms with E-state index in [0.717, 1.165) is 28.3 Å². The molecule has 0 bridgehead atoms. The third-order valence-electron chi connectivity index (χ3n) is 4.97. The maximum absolute atomic E-state index is 4.97. The smallest absolute Gasteiger partial charge is 0.146 e. The van der Waals surface area contributed by atoms with Gasteiger partial charge >= 0.3 is 0 Å². The third-order valence-corrected chi connectivity index (χ3v) is 4.97. The molecule has 0 saturated heterocycles. The molecule has 1 aliphatic carbocycles. The molecule has 0 fully saturated rings. The molecule has 5 rings (SSSR count). The Hall–Kier alpha value is -3.39.